The minimum absolute atomic E-state index is 0.0677. The lowest BCUT2D eigenvalue weighted by Crippen LogP contribution is -2.62. The van der Waals surface area contributed by atoms with Crippen LogP contribution in [-0.4, -0.2) is 79.1 Å². The maximum atomic E-state index is 13.6. The van der Waals surface area contributed by atoms with E-state index in [1.807, 2.05) is 25.1 Å². The number of likely N-dealkylation sites (N-methyl/N-ethyl adjacent to an activating group) is 1. The number of fused-ring (bicyclic) bond motifs is 1. The van der Waals surface area contributed by atoms with E-state index in [0.29, 0.717) is 39.3 Å². The minimum atomic E-state index is -1.06. The molecule has 8 heteroatoms. The van der Waals surface area contributed by atoms with E-state index in [2.05, 4.69) is 11.4 Å². The molecular weight excluding hydrogens is 398 g/mol. The van der Waals surface area contributed by atoms with E-state index in [4.69, 9.17) is 9.47 Å². The van der Waals surface area contributed by atoms with Crippen molar-refractivity contribution in [2.24, 2.45) is 0 Å². The molecule has 2 heterocycles. The Kier molecular flexibility index (Phi) is 7.90. The van der Waals surface area contributed by atoms with Crippen LogP contribution in [0.15, 0.2) is 24.3 Å². The summed E-state index contributed by atoms with van der Waals surface area (Å²) >= 11 is 0. The molecule has 170 valence electrons. The fraction of sp³-hybridized carbons (Fsp3) is 0.609. The first-order valence-corrected chi connectivity index (χ1v) is 11.1. The Morgan fingerprint density at radius 3 is 2.74 bits per heavy atom. The zero-order chi connectivity index (χ0) is 22.3. The van der Waals surface area contributed by atoms with Gasteiger partial charge >= 0.3 is 0 Å². The summed E-state index contributed by atoms with van der Waals surface area (Å²) in [4.78, 5) is 40.8. The highest BCUT2D eigenvalue weighted by molar-refractivity contribution is 5.88. The van der Waals surface area contributed by atoms with Gasteiger partial charge in [-0.25, -0.2) is 0 Å². The highest BCUT2D eigenvalue weighted by atomic mass is 16.5. The van der Waals surface area contributed by atoms with Crippen molar-refractivity contribution in [2.75, 3.05) is 45.9 Å². The van der Waals surface area contributed by atoms with Gasteiger partial charge in [-0.15, -0.1) is 0 Å². The Morgan fingerprint density at radius 1 is 1.16 bits per heavy atom. The minimum Gasteiger partial charge on any atom is -0.491 e. The molecule has 0 radical (unpaired) electrons. The van der Waals surface area contributed by atoms with E-state index in [-0.39, 0.29) is 30.8 Å². The first kappa shape index (κ1) is 23.1. The molecule has 1 unspecified atom stereocenters. The summed E-state index contributed by atoms with van der Waals surface area (Å²) in [6.07, 6.45) is 3.11. The number of hydrogen-bond donors (Lipinski definition) is 1. The van der Waals surface area contributed by atoms with Gasteiger partial charge < -0.3 is 24.6 Å². The van der Waals surface area contributed by atoms with Crippen molar-refractivity contribution in [3.63, 3.8) is 0 Å². The van der Waals surface area contributed by atoms with Crippen LogP contribution >= 0.6 is 0 Å². The third-order valence-electron chi connectivity index (χ3n) is 5.95. The quantitative estimate of drug-likeness (QED) is 0.781. The predicted molar refractivity (Wildman–Crippen MR) is 116 cm³/mol. The molecule has 0 saturated carbocycles. The van der Waals surface area contributed by atoms with E-state index in [9.17, 15) is 14.4 Å². The Hall–Kier alpha value is -2.61. The molecule has 0 aromatic heterocycles. The largest absolute Gasteiger partial charge is 0.491 e. The van der Waals surface area contributed by atoms with Gasteiger partial charge in [0, 0.05) is 20.0 Å². The lowest BCUT2D eigenvalue weighted by atomic mass is 9.91. The van der Waals surface area contributed by atoms with Crippen LogP contribution in [-0.2, 0) is 25.5 Å². The van der Waals surface area contributed by atoms with Crippen LogP contribution in [0.4, 0.5) is 0 Å². The number of aryl methyl sites for hydroxylation is 1. The van der Waals surface area contributed by atoms with Gasteiger partial charge in [0.1, 0.15) is 12.4 Å². The monoisotopic (exact) mass is 431 g/mol. The number of nitrogens with one attached hydrogen (secondary N) is 1. The SMILES string of the molecule is CCN1CCOc2ccccc2CCCCC2(CN(C(=O)CNC(C)=O)CCO2)C1=O. The molecule has 0 aliphatic carbocycles. The van der Waals surface area contributed by atoms with Crippen molar-refractivity contribution in [3.05, 3.63) is 29.8 Å². The molecule has 0 bridgehead atoms. The smallest absolute Gasteiger partial charge is 0.256 e. The average Bonchev–Trinajstić information content (AvgIpc) is 2.78. The molecule has 1 aromatic rings. The van der Waals surface area contributed by atoms with E-state index in [1.165, 1.54) is 12.5 Å². The zero-order valence-electron chi connectivity index (χ0n) is 18.5. The second-order valence-electron chi connectivity index (χ2n) is 8.12. The van der Waals surface area contributed by atoms with Crippen molar-refractivity contribution < 1.29 is 23.9 Å². The van der Waals surface area contributed by atoms with E-state index in [0.717, 1.165) is 25.0 Å². The summed E-state index contributed by atoms with van der Waals surface area (Å²) in [6.45, 7) is 5.56. The summed E-state index contributed by atoms with van der Waals surface area (Å²) < 4.78 is 12.1. The number of morpholine rings is 1. The van der Waals surface area contributed by atoms with Crippen molar-refractivity contribution >= 4 is 17.7 Å². The highest BCUT2D eigenvalue weighted by Gasteiger charge is 2.46. The standard InChI is InChI=1S/C23H33N3O5/c1-3-25-12-14-30-20-10-5-4-8-19(20)9-6-7-11-23(22(25)29)17-26(13-15-31-23)21(28)16-24-18(2)27/h4-5,8,10H,3,6-7,9,11-17H2,1-2H3,(H,24,27). The van der Waals surface area contributed by atoms with Crippen LogP contribution in [0, 0.1) is 0 Å². The molecule has 2 aliphatic rings. The summed E-state index contributed by atoms with van der Waals surface area (Å²) in [5.74, 6) is 0.336. The van der Waals surface area contributed by atoms with Gasteiger partial charge in [0.05, 0.1) is 26.2 Å². The Labute approximate surface area is 183 Å². The summed E-state index contributed by atoms with van der Waals surface area (Å²) in [5.41, 5.74) is 0.113. The van der Waals surface area contributed by atoms with Gasteiger partial charge in [-0.05, 0) is 44.2 Å². The van der Waals surface area contributed by atoms with Crippen LogP contribution in [0.1, 0.15) is 38.7 Å². The van der Waals surface area contributed by atoms with Gasteiger partial charge in [-0.3, -0.25) is 14.4 Å². The van der Waals surface area contributed by atoms with E-state index >= 15 is 0 Å². The number of rotatable bonds is 3. The summed E-state index contributed by atoms with van der Waals surface area (Å²) in [5, 5.41) is 2.55. The molecule has 1 saturated heterocycles. The molecular formula is C23H33N3O5. The maximum Gasteiger partial charge on any atom is 0.256 e. The van der Waals surface area contributed by atoms with Crippen molar-refractivity contribution in [2.45, 2.75) is 45.1 Å². The first-order valence-electron chi connectivity index (χ1n) is 11.1. The number of carbonyl (C=O) groups excluding carboxylic acids is 3. The predicted octanol–water partition coefficient (Wildman–Crippen LogP) is 1.37. The molecule has 8 nitrogen and oxygen atoms in total. The number of nitrogens with zero attached hydrogens (tertiary/aromatic N) is 2. The van der Waals surface area contributed by atoms with Gasteiger partial charge in [0.15, 0.2) is 5.60 Å². The second kappa shape index (κ2) is 10.6. The van der Waals surface area contributed by atoms with Gasteiger partial charge in [-0.2, -0.15) is 0 Å². The Balaban J connectivity index is 1.78. The molecule has 3 amide bonds. The van der Waals surface area contributed by atoms with Crippen LogP contribution in [0.2, 0.25) is 0 Å². The number of benzene rings is 1. The first-order chi connectivity index (χ1) is 14.9. The average molecular weight is 432 g/mol. The zero-order valence-corrected chi connectivity index (χ0v) is 18.5. The van der Waals surface area contributed by atoms with E-state index < -0.39 is 5.60 Å². The molecule has 1 atom stereocenters. The molecule has 1 N–H and O–H groups in total. The van der Waals surface area contributed by atoms with Crippen LogP contribution in [0.3, 0.4) is 0 Å². The third kappa shape index (κ3) is 5.76. The van der Waals surface area contributed by atoms with E-state index in [1.54, 1.807) is 9.80 Å². The normalized spacial score (nSPS) is 22.7. The van der Waals surface area contributed by atoms with Crippen molar-refractivity contribution in [1.82, 2.24) is 15.1 Å². The lowest BCUT2D eigenvalue weighted by molar-refractivity contribution is -0.176. The topological polar surface area (TPSA) is 88.2 Å². The molecule has 1 aromatic carbocycles. The molecule has 2 aliphatic heterocycles. The van der Waals surface area contributed by atoms with Crippen LogP contribution < -0.4 is 10.1 Å². The summed E-state index contributed by atoms with van der Waals surface area (Å²) in [7, 11) is 0. The van der Waals surface area contributed by atoms with Gasteiger partial charge in [0.25, 0.3) is 5.91 Å². The third-order valence-corrected chi connectivity index (χ3v) is 5.95. The summed E-state index contributed by atoms with van der Waals surface area (Å²) in [6, 6.07) is 8.04. The Bertz CT molecular complexity index is 799. The number of amides is 3. The molecule has 1 fully saturated rings. The highest BCUT2D eigenvalue weighted by Crippen LogP contribution is 2.29. The van der Waals surface area contributed by atoms with Crippen LogP contribution in [0.5, 0.6) is 5.75 Å². The Morgan fingerprint density at radius 2 is 1.97 bits per heavy atom. The van der Waals surface area contributed by atoms with Crippen molar-refractivity contribution in [1.29, 1.82) is 0 Å². The van der Waals surface area contributed by atoms with Crippen LogP contribution in [0.25, 0.3) is 0 Å². The number of para-hydroxylation sites is 1. The fourth-order valence-electron chi connectivity index (χ4n) is 4.23. The molecule has 31 heavy (non-hydrogen) atoms. The maximum absolute atomic E-state index is 13.6. The van der Waals surface area contributed by atoms with Gasteiger partial charge in [-0.1, -0.05) is 18.2 Å². The number of carbonyl (C=O) groups is 3. The van der Waals surface area contributed by atoms with Crippen molar-refractivity contribution in [3.8, 4) is 5.75 Å². The molecule has 1 spiro atoms. The van der Waals surface area contributed by atoms with Gasteiger partial charge in [0.2, 0.25) is 11.8 Å². The second-order valence-corrected chi connectivity index (χ2v) is 8.12. The fourth-order valence-corrected chi connectivity index (χ4v) is 4.23. The lowest BCUT2D eigenvalue weighted by Gasteiger charge is -2.44. The number of ether oxygens (including phenoxy) is 2. The number of hydrogen-bond acceptors (Lipinski definition) is 5. The molecule has 3 rings (SSSR count).